The van der Waals surface area contributed by atoms with Gasteiger partial charge >= 0.3 is 6.18 Å². The molecule has 0 fully saturated rings. The second kappa shape index (κ2) is 5.95. The zero-order valence-corrected chi connectivity index (χ0v) is 10.5. The van der Waals surface area contributed by atoms with Crippen molar-refractivity contribution in [3.63, 3.8) is 0 Å². The van der Waals surface area contributed by atoms with Gasteiger partial charge in [-0.05, 0) is 32.1 Å². The zero-order valence-electron chi connectivity index (χ0n) is 10.5. The highest BCUT2D eigenvalue weighted by Crippen LogP contribution is 2.38. The summed E-state index contributed by atoms with van der Waals surface area (Å²) >= 11 is 0. The van der Waals surface area contributed by atoms with Crippen molar-refractivity contribution in [2.45, 2.75) is 12.6 Å². The number of nitrogens with one attached hydrogen (secondary N) is 1. The number of methoxy groups -OCH3 is 2. The molecular weight excluding hydrogens is 247 g/mol. The van der Waals surface area contributed by atoms with Gasteiger partial charge in [0.25, 0.3) is 0 Å². The molecule has 1 aromatic carbocycles. The normalized spacial score (nSPS) is 11.4. The van der Waals surface area contributed by atoms with E-state index >= 15 is 0 Å². The smallest absolute Gasteiger partial charge is 0.416 e. The summed E-state index contributed by atoms with van der Waals surface area (Å²) in [5.41, 5.74) is -0.147. The molecule has 1 N–H and O–H groups in total. The van der Waals surface area contributed by atoms with Crippen LogP contribution in [0.4, 0.5) is 13.2 Å². The molecule has 0 unspecified atom stereocenters. The first-order valence-electron chi connectivity index (χ1n) is 5.40. The predicted molar refractivity (Wildman–Crippen MR) is 62.2 cm³/mol. The van der Waals surface area contributed by atoms with E-state index in [0.717, 1.165) is 12.1 Å². The molecule has 0 saturated heterocycles. The second-order valence-corrected chi connectivity index (χ2v) is 3.71. The van der Waals surface area contributed by atoms with Gasteiger partial charge in [-0.15, -0.1) is 0 Å². The van der Waals surface area contributed by atoms with Crippen molar-refractivity contribution in [2.24, 2.45) is 0 Å². The van der Waals surface area contributed by atoms with Crippen LogP contribution in [0, 0.1) is 0 Å². The summed E-state index contributed by atoms with van der Waals surface area (Å²) in [6, 6.07) is 1.99. The molecule has 3 nitrogen and oxygen atoms in total. The average Bonchev–Trinajstić information content (AvgIpc) is 2.33. The Morgan fingerprint density at radius 2 is 1.61 bits per heavy atom. The topological polar surface area (TPSA) is 30.5 Å². The third-order valence-corrected chi connectivity index (χ3v) is 2.56. The van der Waals surface area contributed by atoms with Crippen molar-refractivity contribution in [3.05, 3.63) is 23.3 Å². The van der Waals surface area contributed by atoms with Crippen molar-refractivity contribution >= 4 is 0 Å². The molecule has 0 saturated carbocycles. The van der Waals surface area contributed by atoms with Crippen LogP contribution in [0.2, 0.25) is 0 Å². The summed E-state index contributed by atoms with van der Waals surface area (Å²) in [5, 5.41) is 2.93. The highest BCUT2D eigenvalue weighted by molar-refractivity contribution is 5.49. The number of likely N-dealkylation sites (N-methyl/N-ethyl adjacent to an activating group) is 1. The van der Waals surface area contributed by atoms with Crippen molar-refractivity contribution in [2.75, 3.05) is 27.8 Å². The molecule has 0 aliphatic rings. The Labute approximate surface area is 104 Å². The van der Waals surface area contributed by atoms with Gasteiger partial charge in [0, 0.05) is 5.56 Å². The first-order chi connectivity index (χ1) is 8.43. The Morgan fingerprint density at radius 3 is 1.94 bits per heavy atom. The fourth-order valence-electron chi connectivity index (χ4n) is 1.64. The van der Waals surface area contributed by atoms with E-state index in [4.69, 9.17) is 9.47 Å². The third-order valence-electron chi connectivity index (χ3n) is 2.56. The molecule has 1 aromatic rings. The van der Waals surface area contributed by atoms with Crippen LogP contribution in [0.15, 0.2) is 12.1 Å². The van der Waals surface area contributed by atoms with Gasteiger partial charge in [0.05, 0.1) is 19.8 Å². The van der Waals surface area contributed by atoms with Gasteiger partial charge in [-0.25, -0.2) is 0 Å². The maximum absolute atomic E-state index is 12.7. The molecule has 0 aliphatic carbocycles. The molecular formula is C12H16F3NO2. The van der Waals surface area contributed by atoms with Crippen molar-refractivity contribution in [1.82, 2.24) is 5.32 Å². The lowest BCUT2D eigenvalue weighted by molar-refractivity contribution is -0.137. The van der Waals surface area contributed by atoms with Gasteiger partial charge in [-0.3, -0.25) is 0 Å². The van der Waals surface area contributed by atoms with E-state index in [9.17, 15) is 13.2 Å². The number of benzene rings is 1. The van der Waals surface area contributed by atoms with E-state index in [1.54, 1.807) is 7.05 Å². The maximum Gasteiger partial charge on any atom is 0.416 e. The Bertz CT molecular complexity index is 380. The number of halogens is 3. The lowest BCUT2D eigenvalue weighted by Gasteiger charge is -2.16. The van der Waals surface area contributed by atoms with Crippen LogP contribution in [-0.2, 0) is 12.6 Å². The van der Waals surface area contributed by atoms with E-state index in [1.165, 1.54) is 14.2 Å². The molecule has 18 heavy (non-hydrogen) atoms. The van der Waals surface area contributed by atoms with Gasteiger partial charge in [-0.1, -0.05) is 0 Å². The lowest BCUT2D eigenvalue weighted by atomic mass is 10.1. The number of hydrogen-bond donors (Lipinski definition) is 1. The molecule has 0 atom stereocenters. The highest BCUT2D eigenvalue weighted by Gasteiger charge is 2.32. The van der Waals surface area contributed by atoms with Gasteiger partial charge < -0.3 is 14.8 Å². The zero-order chi connectivity index (χ0) is 13.8. The fraction of sp³-hybridized carbons (Fsp3) is 0.500. The van der Waals surface area contributed by atoms with Crippen LogP contribution < -0.4 is 14.8 Å². The molecule has 0 spiro atoms. The van der Waals surface area contributed by atoms with Crippen molar-refractivity contribution in [1.29, 1.82) is 0 Å². The maximum atomic E-state index is 12.7. The summed E-state index contributed by atoms with van der Waals surface area (Å²) in [7, 11) is 4.46. The molecule has 102 valence electrons. The van der Waals surface area contributed by atoms with Crippen LogP contribution in [-0.4, -0.2) is 27.8 Å². The van der Waals surface area contributed by atoms with Crippen LogP contribution in [0.5, 0.6) is 11.5 Å². The summed E-state index contributed by atoms with van der Waals surface area (Å²) in [5.74, 6) is 0.383. The van der Waals surface area contributed by atoms with Crippen LogP contribution in [0.1, 0.15) is 11.1 Å². The Balaban J connectivity index is 3.25. The van der Waals surface area contributed by atoms with Crippen LogP contribution >= 0.6 is 0 Å². The average molecular weight is 263 g/mol. The van der Waals surface area contributed by atoms with E-state index in [2.05, 4.69) is 5.32 Å². The van der Waals surface area contributed by atoms with E-state index < -0.39 is 11.7 Å². The summed E-state index contributed by atoms with van der Waals surface area (Å²) < 4.78 is 48.1. The minimum atomic E-state index is -4.41. The SMILES string of the molecule is CNCCc1c(OC)cc(C(F)(F)F)cc1OC. The van der Waals surface area contributed by atoms with Crippen molar-refractivity contribution < 1.29 is 22.6 Å². The quantitative estimate of drug-likeness (QED) is 0.885. The molecule has 0 aromatic heterocycles. The number of ether oxygens (including phenoxy) is 2. The van der Waals surface area contributed by atoms with Gasteiger partial charge in [0.1, 0.15) is 11.5 Å². The molecule has 0 amide bonds. The molecule has 0 heterocycles. The number of alkyl halides is 3. The third kappa shape index (κ3) is 3.29. The first-order valence-corrected chi connectivity index (χ1v) is 5.40. The molecule has 0 radical (unpaired) electrons. The molecule has 1 rings (SSSR count). The van der Waals surface area contributed by atoms with E-state index in [1.807, 2.05) is 0 Å². The molecule has 0 aliphatic heterocycles. The Kier molecular flexibility index (Phi) is 4.84. The first kappa shape index (κ1) is 14.6. The lowest BCUT2D eigenvalue weighted by Crippen LogP contribution is -2.13. The van der Waals surface area contributed by atoms with Gasteiger partial charge in [-0.2, -0.15) is 13.2 Å². The van der Waals surface area contributed by atoms with Crippen LogP contribution in [0.25, 0.3) is 0 Å². The predicted octanol–water partition coefficient (Wildman–Crippen LogP) is 2.48. The number of hydrogen-bond acceptors (Lipinski definition) is 3. The largest absolute Gasteiger partial charge is 0.496 e. The van der Waals surface area contributed by atoms with Crippen molar-refractivity contribution in [3.8, 4) is 11.5 Å². The van der Waals surface area contributed by atoms with Crippen LogP contribution in [0.3, 0.4) is 0 Å². The minimum absolute atomic E-state index is 0.192. The minimum Gasteiger partial charge on any atom is -0.496 e. The van der Waals surface area contributed by atoms with Gasteiger partial charge in [0.2, 0.25) is 0 Å². The summed E-state index contributed by atoms with van der Waals surface area (Å²) in [6.07, 6.45) is -3.89. The standard InChI is InChI=1S/C12H16F3NO2/c1-16-5-4-9-10(17-2)6-8(12(13,14)15)7-11(9)18-3/h6-7,16H,4-5H2,1-3H3. The second-order valence-electron chi connectivity index (χ2n) is 3.71. The molecule has 6 heteroatoms. The fourth-order valence-corrected chi connectivity index (χ4v) is 1.64. The Morgan fingerprint density at radius 1 is 1.11 bits per heavy atom. The van der Waals surface area contributed by atoms with E-state index in [0.29, 0.717) is 18.5 Å². The summed E-state index contributed by atoms with van der Waals surface area (Å²) in [4.78, 5) is 0. The number of rotatable bonds is 5. The summed E-state index contributed by atoms with van der Waals surface area (Å²) in [6.45, 7) is 0.623. The Hall–Kier alpha value is -1.43. The van der Waals surface area contributed by atoms with E-state index in [-0.39, 0.29) is 11.5 Å². The molecule has 0 bridgehead atoms. The highest BCUT2D eigenvalue weighted by atomic mass is 19.4. The van der Waals surface area contributed by atoms with Gasteiger partial charge in [0.15, 0.2) is 0 Å². The monoisotopic (exact) mass is 263 g/mol.